The normalized spacial score (nSPS) is 13.0. The van der Waals surface area contributed by atoms with Gasteiger partial charge in [-0.1, -0.05) is 12.2 Å². The van der Waals surface area contributed by atoms with Crippen molar-refractivity contribution in [2.24, 2.45) is 0 Å². The van der Waals surface area contributed by atoms with E-state index in [-0.39, 0.29) is 0 Å². The molecule has 0 N–H and O–H groups in total. The van der Waals surface area contributed by atoms with E-state index in [0.29, 0.717) is 26.4 Å². The summed E-state index contributed by atoms with van der Waals surface area (Å²) in [4.78, 5) is 0. The molecule has 0 aromatic carbocycles. The lowest BCUT2D eigenvalue weighted by molar-refractivity contribution is 0.0906. The van der Waals surface area contributed by atoms with E-state index in [9.17, 15) is 0 Å². The molecule has 0 radical (unpaired) electrons. The minimum atomic E-state index is -1.71. The Hall–Kier alpha value is -0.606. The Labute approximate surface area is 156 Å². The standard InChI is InChI=1S/C18H38O5Si2/c1-7-9-19-11-13-21-15-17-24(3,4)23-25(5,6)18-16-22-14-12-20-10-8-2/h7-10H,11-18H2,1-6H3/b9-7+,10-8+. The number of hydrogen-bond donors (Lipinski definition) is 0. The minimum absolute atomic E-state index is 0.600. The monoisotopic (exact) mass is 390 g/mol. The van der Waals surface area contributed by atoms with Crippen LogP contribution in [0.5, 0.6) is 0 Å². The first-order valence-corrected chi connectivity index (χ1v) is 15.4. The zero-order chi connectivity index (χ0) is 19.0. The quantitative estimate of drug-likeness (QED) is 0.220. The van der Waals surface area contributed by atoms with Gasteiger partial charge in [0.05, 0.1) is 25.7 Å². The van der Waals surface area contributed by atoms with Crippen molar-refractivity contribution in [3.8, 4) is 0 Å². The average Bonchev–Trinajstić information content (AvgIpc) is 2.52. The highest BCUT2D eigenvalue weighted by Crippen LogP contribution is 2.21. The molecule has 0 bridgehead atoms. The van der Waals surface area contributed by atoms with Crippen LogP contribution in [-0.2, 0) is 23.1 Å². The van der Waals surface area contributed by atoms with Crippen LogP contribution in [0.1, 0.15) is 13.8 Å². The molecule has 0 atom stereocenters. The van der Waals surface area contributed by atoms with Crippen molar-refractivity contribution >= 4 is 16.6 Å². The van der Waals surface area contributed by atoms with Crippen molar-refractivity contribution in [2.75, 3.05) is 39.6 Å². The first-order valence-electron chi connectivity index (χ1n) is 9.14. The van der Waals surface area contributed by atoms with Gasteiger partial charge in [-0.2, -0.15) is 0 Å². The highest BCUT2D eigenvalue weighted by atomic mass is 28.4. The van der Waals surface area contributed by atoms with Crippen LogP contribution in [0.2, 0.25) is 38.3 Å². The molecule has 25 heavy (non-hydrogen) atoms. The summed E-state index contributed by atoms with van der Waals surface area (Å²) in [5.41, 5.74) is 0. The molecule has 0 spiro atoms. The molecule has 0 fully saturated rings. The third-order valence-electron chi connectivity index (χ3n) is 3.41. The van der Waals surface area contributed by atoms with Gasteiger partial charge in [0.1, 0.15) is 13.2 Å². The van der Waals surface area contributed by atoms with Crippen molar-refractivity contribution in [1.82, 2.24) is 0 Å². The topological polar surface area (TPSA) is 46.2 Å². The van der Waals surface area contributed by atoms with Crippen LogP contribution in [0.4, 0.5) is 0 Å². The summed E-state index contributed by atoms with van der Waals surface area (Å²) < 4.78 is 28.3. The van der Waals surface area contributed by atoms with Gasteiger partial charge in [0.15, 0.2) is 16.6 Å². The zero-order valence-corrected chi connectivity index (χ0v) is 19.0. The summed E-state index contributed by atoms with van der Waals surface area (Å²) >= 11 is 0. The molecular formula is C18H38O5Si2. The summed E-state index contributed by atoms with van der Waals surface area (Å²) in [5, 5.41) is 0. The SMILES string of the molecule is C/C=C/OCCOCC[Si](C)(C)O[Si](C)(C)CCOCCO/C=C/C. The second kappa shape index (κ2) is 14.6. The van der Waals surface area contributed by atoms with Crippen molar-refractivity contribution in [3.63, 3.8) is 0 Å². The summed E-state index contributed by atoms with van der Waals surface area (Å²) in [6.07, 6.45) is 7.12. The predicted molar refractivity (Wildman–Crippen MR) is 109 cm³/mol. The van der Waals surface area contributed by atoms with Crippen molar-refractivity contribution in [3.05, 3.63) is 24.7 Å². The van der Waals surface area contributed by atoms with Gasteiger partial charge in [-0.15, -0.1) is 0 Å². The van der Waals surface area contributed by atoms with E-state index in [1.165, 1.54) is 0 Å². The van der Waals surface area contributed by atoms with Gasteiger partial charge >= 0.3 is 0 Å². The van der Waals surface area contributed by atoms with Crippen molar-refractivity contribution in [1.29, 1.82) is 0 Å². The molecule has 0 aromatic heterocycles. The fraction of sp³-hybridized carbons (Fsp3) is 0.778. The smallest absolute Gasteiger partial charge is 0.175 e. The second-order valence-electron chi connectivity index (χ2n) is 7.03. The average molecular weight is 391 g/mol. The highest BCUT2D eigenvalue weighted by Gasteiger charge is 2.32. The lowest BCUT2D eigenvalue weighted by atomic mass is 10.7. The Bertz CT molecular complexity index is 336. The van der Waals surface area contributed by atoms with Gasteiger partial charge in [-0.05, 0) is 52.1 Å². The van der Waals surface area contributed by atoms with E-state index < -0.39 is 16.6 Å². The first-order chi connectivity index (χ1) is 11.8. The van der Waals surface area contributed by atoms with Crippen LogP contribution in [0, 0.1) is 0 Å². The molecule has 148 valence electrons. The van der Waals surface area contributed by atoms with E-state index in [2.05, 4.69) is 26.2 Å². The molecule has 0 aliphatic carbocycles. The van der Waals surface area contributed by atoms with E-state index >= 15 is 0 Å². The summed E-state index contributed by atoms with van der Waals surface area (Å²) in [7, 11) is -3.42. The van der Waals surface area contributed by atoms with E-state index in [1.807, 2.05) is 26.0 Å². The Balaban J connectivity index is 3.83. The lowest BCUT2D eigenvalue weighted by Gasteiger charge is -2.34. The van der Waals surface area contributed by atoms with Crippen LogP contribution >= 0.6 is 0 Å². The van der Waals surface area contributed by atoms with Crippen LogP contribution in [0.25, 0.3) is 0 Å². The molecule has 5 nitrogen and oxygen atoms in total. The Morgan fingerprint density at radius 2 is 1.00 bits per heavy atom. The molecule has 0 amide bonds. The van der Waals surface area contributed by atoms with Gasteiger partial charge in [0, 0.05) is 13.2 Å². The van der Waals surface area contributed by atoms with Gasteiger partial charge in [-0.3, -0.25) is 0 Å². The van der Waals surface area contributed by atoms with Gasteiger partial charge in [-0.25, -0.2) is 0 Å². The molecular weight excluding hydrogens is 352 g/mol. The van der Waals surface area contributed by atoms with Gasteiger partial charge < -0.3 is 23.1 Å². The third kappa shape index (κ3) is 16.6. The maximum Gasteiger partial charge on any atom is 0.175 e. The van der Waals surface area contributed by atoms with Crippen LogP contribution < -0.4 is 0 Å². The molecule has 0 aromatic rings. The number of ether oxygens (including phenoxy) is 4. The minimum Gasteiger partial charge on any atom is -0.499 e. The van der Waals surface area contributed by atoms with E-state index in [4.69, 9.17) is 23.1 Å². The van der Waals surface area contributed by atoms with Crippen molar-refractivity contribution in [2.45, 2.75) is 52.1 Å². The molecule has 0 saturated heterocycles. The Morgan fingerprint density at radius 1 is 0.600 bits per heavy atom. The number of allylic oxidation sites excluding steroid dienone is 2. The Morgan fingerprint density at radius 3 is 1.36 bits per heavy atom. The fourth-order valence-electron chi connectivity index (χ4n) is 2.23. The lowest BCUT2D eigenvalue weighted by Crippen LogP contribution is -2.45. The molecule has 0 saturated carbocycles. The molecule has 0 rings (SSSR count). The zero-order valence-electron chi connectivity index (χ0n) is 17.0. The fourth-order valence-corrected chi connectivity index (χ4v) is 10.3. The van der Waals surface area contributed by atoms with Gasteiger partial charge in [0.25, 0.3) is 0 Å². The highest BCUT2D eigenvalue weighted by molar-refractivity contribution is 6.84. The predicted octanol–water partition coefficient (Wildman–Crippen LogP) is 4.55. The second-order valence-corrected chi connectivity index (χ2v) is 15.9. The van der Waals surface area contributed by atoms with Crippen LogP contribution in [0.3, 0.4) is 0 Å². The molecule has 0 unspecified atom stereocenters. The molecule has 0 aliphatic heterocycles. The van der Waals surface area contributed by atoms with Crippen LogP contribution in [-0.4, -0.2) is 56.3 Å². The summed E-state index contributed by atoms with van der Waals surface area (Å²) in [6, 6.07) is 2.01. The maximum atomic E-state index is 6.55. The summed E-state index contributed by atoms with van der Waals surface area (Å²) in [6.45, 7) is 16.9. The molecule has 7 heteroatoms. The first kappa shape index (κ1) is 24.4. The maximum absolute atomic E-state index is 6.55. The van der Waals surface area contributed by atoms with E-state index in [1.54, 1.807) is 12.5 Å². The molecule has 0 heterocycles. The number of rotatable bonds is 16. The van der Waals surface area contributed by atoms with E-state index in [0.717, 1.165) is 25.3 Å². The number of hydrogen-bond acceptors (Lipinski definition) is 5. The van der Waals surface area contributed by atoms with Crippen molar-refractivity contribution < 1.29 is 23.1 Å². The van der Waals surface area contributed by atoms with Gasteiger partial charge in [0.2, 0.25) is 0 Å². The molecule has 0 aliphatic rings. The Kier molecular flexibility index (Phi) is 14.2. The van der Waals surface area contributed by atoms with Crippen LogP contribution in [0.15, 0.2) is 24.7 Å². The largest absolute Gasteiger partial charge is 0.499 e. The summed E-state index contributed by atoms with van der Waals surface area (Å²) in [5.74, 6) is 0. The third-order valence-corrected chi connectivity index (χ3v) is 10.6.